The molecule has 3 aliphatic rings. The molecular formula is C15H24O4. The van der Waals surface area contributed by atoms with Crippen LogP contribution in [0.2, 0.25) is 0 Å². The molecule has 1 heterocycles. The smallest absolute Gasteiger partial charge is 0.309 e. The molecule has 0 bridgehead atoms. The molecule has 1 spiro atoms. The van der Waals surface area contributed by atoms with Crippen molar-refractivity contribution in [3.05, 3.63) is 0 Å². The molecular weight excluding hydrogens is 244 g/mol. The number of hydrogen-bond donors (Lipinski definition) is 2. The minimum atomic E-state index is -1.16. The van der Waals surface area contributed by atoms with Crippen LogP contribution in [0.4, 0.5) is 0 Å². The zero-order valence-electron chi connectivity index (χ0n) is 11.9. The van der Waals surface area contributed by atoms with E-state index in [4.69, 9.17) is 4.74 Å². The number of aliphatic hydroxyl groups excluding tert-OH is 1. The Balaban J connectivity index is 2.08. The Kier molecular flexibility index (Phi) is 2.78. The Morgan fingerprint density at radius 1 is 1.21 bits per heavy atom. The summed E-state index contributed by atoms with van der Waals surface area (Å²) in [6, 6.07) is 0. The fourth-order valence-electron chi connectivity index (χ4n) is 4.85. The zero-order chi connectivity index (χ0) is 14.0. The molecule has 1 aliphatic heterocycles. The van der Waals surface area contributed by atoms with Gasteiger partial charge in [0.2, 0.25) is 0 Å². The monoisotopic (exact) mass is 268 g/mol. The molecule has 0 aromatic heterocycles. The quantitative estimate of drug-likeness (QED) is 0.653. The van der Waals surface area contributed by atoms with Crippen molar-refractivity contribution in [1.29, 1.82) is 0 Å². The molecule has 7 atom stereocenters. The van der Waals surface area contributed by atoms with Gasteiger partial charge in [0.05, 0.1) is 11.5 Å². The predicted octanol–water partition coefficient (Wildman–Crippen LogP) is 1.49. The third kappa shape index (κ3) is 1.56. The van der Waals surface area contributed by atoms with Crippen LogP contribution in [0.25, 0.3) is 0 Å². The number of rotatable bonds is 0. The average molecular weight is 268 g/mol. The van der Waals surface area contributed by atoms with Crippen LogP contribution in [0, 0.1) is 23.7 Å². The largest absolute Gasteiger partial charge is 0.455 e. The van der Waals surface area contributed by atoms with E-state index in [9.17, 15) is 15.0 Å². The minimum Gasteiger partial charge on any atom is -0.455 e. The molecule has 108 valence electrons. The lowest BCUT2D eigenvalue weighted by molar-refractivity contribution is -0.248. The Morgan fingerprint density at radius 2 is 1.89 bits per heavy atom. The summed E-state index contributed by atoms with van der Waals surface area (Å²) in [5.74, 6) is 0.276. The Labute approximate surface area is 114 Å². The van der Waals surface area contributed by atoms with Gasteiger partial charge in [0.15, 0.2) is 0 Å². The van der Waals surface area contributed by atoms with Crippen molar-refractivity contribution in [1.82, 2.24) is 0 Å². The molecule has 1 saturated heterocycles. The van der Waals surface area contributed by atoms with Gasteiger partial charge in [-0.2, -0.15) is 0 Å². The van der Waals surface area contributed by atoms with Crippen molar-refractivity contribution < 1.29 is 19.7 Å². The molecule has 2 saturated carbocycles. The highest BCUT2D eigenvalue weighted by molar-refractivity contribution is 5.76. The summed E-state index contributed by atoms with van der Waals surface area (Å²) in [6.45, 7) is 5.73. The molecule has 0 radical (unpaired) electrons. The van der Waals surface area contributed by atoms with Gasteiger partial charge in [-0.1, -0.05) is 13.8 Å². The van der Waals surface area contributed by atoms with Crippen molar-refractivity contribution in [3.8, 4) is 0 Å². The van der Waals surface area contributed by atoms with Crippen LogP contribution in [-0.2, 0) is 9.53 Å². The van der Waals surface area contributed by atoms with Crippen molar-refractivity contribution >= 4 is 5.97 Å². The third-order valence-electron chi connectivity index (χ3n) is 6.01. The summed E-state index contributed by atoms with van der Waals surface area (Å²) in [7, 11) is 0. The average Bonchev–Trinajstić information content (AvgIpc) is 2.59. The molecule has 0 unspecified atom stereocenters. The molecule has 0 aromatic carbocycles. The summed E-state index contributed by atoms with van der Waals surface area (Å²) >= 11 is 0. The topological polar surface area (TPSA) is 66.8 Å². The highest BCUT2D eigenvalue weighted by atomic mass is 16.6. The van der Waals surface area contributed by atoms with Crippen LogP contribution in [0.5, 0.6) is 0 Å². The van der Waals surface area contributed by atoms with E-state index in [2.05, 4.69) is 6.92 Å². The van der Waals surface area contributed by atoms with Crippen LogP contribution in [0.15, 0.2) is 0 Å². The van der Waals surface area contributed by atoms with Crippen molar-refractivity contribution in [2.45, 2.75) is 63.8 Å². The molecule has 2 aliphatic carbocycles. The predicted molar refractivity (Wildman–Crippen MR) is 69.2 cm³/mol. The van der Waals surface area contributed by atoms with Crippen LogP contribution in [-0.4, -0.2) is 33.5 Å². The Hall–Kier alpha value is -0.610. The van der Waals surface area contributed by atoms with Gasteiger partial charge in [-0.05, 0) is 38.5 Å². The van der Waals surface area contributed by atoms with Crippen molar-refractivity contribution in [3.63, 3.8) is 0 Å². The summed E-state index contributed by atoms with van der Waals surface area (Å²) in [5, 5.41) is 21.2. The van der Waals surface area contributed by atoms with Gasteiger partial charge in [-0.15, -0.1) is 0 Å². The molecule has 2 N–H and O–H groups in total. The van der Waals surface area contributed by atoms with Gasteiger partial charge in [0.25, 0.3) is 0 Å². The van der Waals surface area contributed by atoms with E-state index in [-0.39, 0.29) is 23.7 Å². The SMILES string of the molecule is C[C@@H]1CC[C@H]2[C@@H](C)C(=O)O[C@]23[C@@H](O)[C@](C)(O)CC[C@@H]13. The van der Waals surface area contributed by atoms with E-state index in [1.54, 1.807) is 6.92 Å². The summed E-state index contributed by atoms with van der Waals surface area (Å²) in [5.41, 5.74) is -2.01. The zero-order valence-corrected chi connectivity index (χ0v) is 11.9. The molecule has 3 rings (SSSR count). The van der Waals surface area contributed by atoms with Gasteiger partial charge >= 0.3 is 5.97 Å². The molecule has 0 amide bonds. The van der Waals surface area contributed by atoms with Gasteiger partial charge in [0, 0.05) is 11.8 Å². The second kappa shape index (κ2) is 3.95. The summed E-state index contributed by atoms with van der Waals surface area (Å²) in [6.07, 6.45) is 2.40. The number of ether oxygens (including phenoxy) is 1. The number of esters is 1. The fourth-order valence-corrected chi connectivity index (χ4v) is 4.85. The van der Waals surface area contributed by atoms with E-state index in [0.717, 1.165) is 19.3 Å². The number of carbonyl (C=O) groups excluding carboxylic acids is 1. The molecule has 19 heavy (non-hydrogen) atoms. The van der Waals surface area contributed by atoms with E-state index in [1.807, 2.05) is 6.92 Å². The minimum absolute atomic E-state index is 0.0444. The van der Waals surface area contributed by atoms with Gasteiger partial charge < -0.3 is 14.9 Å². The van der Waals surface area contributed by atoms with Gasteiger partial charge in [-0.3, -0.25) is 4.79 Å². The normalized spacial score (nSPS) is 57.3. The lowest BCUT2D eigenvalue weighted by atomic mass is 9.53. The first-order valence-corrected chi connectivity index (χ1v) is 7.44. The van der Waals surface area contributed by atoms with Crippen molar-refractivity contribution in [2.75, 3.05) is 0 Å². The lowest BCUT2D eigenvalue weighted by Crippen LogP contribution is -2.67. The first-order valence-electron chi connectivity index (χ1n) is 7.44. The molecule has 3 fully saturated rings. The van der Waals surface area contributed by atoms with Crippen LogP contribution >= 0.6 is 0 Å². The maximum atomic E-state index is 12.0. The van der Waals surface area contributed by atoms with E-state index >= 15 is 0 Å². The van der Waals surface area contributed by atoms with Crippen LogP contribution in [0.1, 0.15) is 46.5 Å². The lowest BCUT2D eigenvalue weighted by Gasteiger charge is -2.56. The standard InChI is InChI=1S/C15H24O4/c1-8-4-5-11-9(2)12(16)19-15(11)10(8)6-7-14(3,18)13(15)17/h8-11,13,17-18H,4-7H2,1-3H3/t8-,9-,10+,11+,13+,14-,15+/m1/s1. The van der Waals surface area contributed by atoms with Gasteiger partial charge in [-0.25, -0.2) is 0 Å². The molecule has 0 aromatic rings. The van der Waals surface area contributed by atoms with E-state index in [1.165, 1.54) is 0 Å². The summed E-state index contributed by atoms with van der Waals surface area (Å²) in [4.78, 5) is 12.0. The van der Waals surface area contributed by atoms with Crippen LogP contribution in [0.3, 0.4) is 0 Å². The maximum absolute atomic E-state index is 12.0. The van der Waals surface area contributed by atoms with E-state index < -0.39 is 17.3 Å². The first kappa shape index (κ1) is 13.4. The summed E-state index contributed by atoms with van der Waals surface area (Å²) < 4.78 is 5.74. The number of hydrogen-bond acceptors (Lipinski definition) is 4. The van der Waals surface area contributed by atoms with Crippen molar-refractivity contribution in [2.24, 2.45) is 23.7 Å². The maximum Gasteiger partial charge on any atom is 0.309 e. The van der Waals surface area contributed by atoms with Gasteiger partial charge in [0.1, 0.15) is 11.7 Å². The van der Waals surface area contributed by atoms with Crippen LogP contribution < -0.4 is 0 Å². The Bertz CT molecular complexity index is 401. The molecule has 4 nitrogen and oxygen atoms in total. The Morgan fingerprint density at radius 3 is 2.58 bits per heavy atom. The molecule has 4 heteroatoms. The second-order valence-electron chi connectivity index (χ2n) is 7.13. The first-order chi connectivity index (χ1) is 8.80. The number of aliphatic hydroxyl groups is 2. The van der Waals surface area contributed by atoms with E-state index in [0.29, 0.717) is 12.3 Å². The fraction of sp³-hybridized carbons (Fsp3) is 0.933. The highest BCUT2D eigenvalue weighted by Gasteiger charge is 2.68. The highest BCUT2D eigenvalue weighted by Crippen LogP contribution is 2.59. The second-order valence-corrected chi connectivity index (χ2v) is 7.13. The number of carbonyl (C=O) groups is 1. The third-order valence-corrected chi connectivity index (χ3v) is 6.01.